The van der Waals surface area contributed by atoms with E-state index in [1.54, 1.807) is 6.92 Å². The highest BCUT2D eigenvalue weighted by molar-refractivity contribution is 5.92. The Balaban J connectivity index is 1.53. The first kappa shape index (κ1) is 17.3. The number of fused-ring (bicyclic) bond motifs is 1. The summed E-state index contributed by atoms with van der Waals surface area (Å²) < 4.78 is 30.6. The van der Waals surface area contributed by atoms with Gasteiger partial charge in [-0.15, -0.1) is 0 Å². The van der Waals surface area contributed by atoms with Crippen molar-refractivity contribution < 1.29 is 18.1 Å². The van der Waals surface area contributed by atoms with Crippen LogP contribution in [0.1, 0.15) is 52.0 Å². The number of aromatic nitrogens is 3. The molecular weight excluding hydrogens is 354 g/mol. The van der Waals surface area contributed by atoms with Gasteiger partial charge in [0, 0.05) is 24.2 Å². The summed E-state index contributed by atoms with van der Waals surface area (Å²) in [7, 11) is 0. The van der Waals surface area contributed by atoms with Crippen molar-refractivity contribution in [1.82, 2.24) is 20.4 Å². The molecule has 1 aromatic carbocycles. The van der Waals surface area contributed by atoms with Gasteiger partial charge in [-0.3, -0.25) is 9.78 Å². The number of carbonyl (C=O) groups is 1. The number of alkyl halides is 2. The van der Waals surface area contributed by atoms with E-state index in [2.05, 4.69) is 20.4 Å². The lowest BCUT2D eigenvalue weighted by molar-refractivity contribution is 0.0931. The maximum absolute atomic E-state index is 12.8. The largest absolute Gasteiger partial charge is 0.344 e. The SMILES string of the molecule is Cc1nc(-c2ccc3c(c2)CCC3NC(=O)c2cc(C(F)F)ccn2)no1. The fourth-order valence-electron chi connectivity index (χ4n) is 3.26. The maximum atomic E-state index is 12.8. The van der Waals surface area contributed by atoms with Crippen LogP contribution in [0.4, 0.5) is 8.78 Å². The Morgan fingerprint density at radius 3 is 2.89 bits per heavy atom. The van der Waals surface area contributed by atoms with E-state index in [0.29, 0.717) is 11.7 Å². The Labute approximate surface area is 153 Å². The van der Waals surface area contributed by atoms with Gasteiger partial charge in [0.1, 0.15) is 5.69 Å². The van der Waals surface area contributed by atoms with E-state index in [0.717, 1.165) is 35.6 Å². The van der Waals surface area contributed by atoms with E-state index in [1.165, 1.54) is 12.3 Å². The molecule has 0 radical (unpaired) electrons. The quantitative estimate of drug-likeness (QED) is 0.756. The predicted octanol–water partition coefficient (Wildman–Crippen LogP) is 3.79. The Kier molecular flexibility index (Phi) is 4.39. The average Bonchev–Trinajstić information content (AvgIpc) is 3.28. The molecule has 0 fully saturated rings. The molecule has 6 nitrogen and oxygen atoms in total. The van der Waals surface area contributed by atoms with Crippen LogP contribution in [0, 0.1) is 6.92 Å². The lowest BCUT2D eigenvalue weighted by Gasteiger charge is -2.14. The van der Waals surface area contributed by atoms with Crippen molar-refractivity contribution in [3.63, 3.8) is 0 Å². The second-order valence-corrected chi connectivity index (χ2v) is 6.39. The summed E-state index contributed by atoms with van der Waals surface area (Å²) in [5.41, 5.74) is 2.71. The minimum absolute atomic E-state index is 0.0138. The van der Waals surface area contributed by atoms with Crippen LogP contribution >= 0.6 is 0 Å². The van der Waals surface area contributed by atoms with Crippen LogP contribution in [-0.2, 0) is 6.42 Å². The zero-order valence-electron chi connectivity index (χ0n) is 14.4. The van der Waals surface area contributed by atoms with Crippen LogP contribution in [0.15, 0.2) is 41.1 Å². The highest BCUT2D eigenvalue weighted by Gasteiger charge is 2.26. The van der Waals surface area contributed by atoms with E-state index in [4.69, 9.17) is 4.52 Å². The molecule has 0 saturated heterocycles. The Bertz CT molecular complexity index is 1000. The van der Waals surface area contributed by atoms with E-state index >= 15 is 0 Å². The Hall–Kier alpha value is -3.16. The van der Waals surface area contributed by atoms with Crippen LogP contribution in [0.3, 0.4) is 0 Å². The average molecular weight is 370 g/mol. The molecule has 0 spiro atoms. The summed E-state index contributed by atoms with van der Waals surface area (Å²) in [6.07, 6.45) is 0.0942. The Morgan fingerprint density at radius 1 is 1.30 bits per heavy atom. The lowest BCUT2D eigenvalue weighted by Crippen LogP contribution is -2.28. The van der Waals surface area contributed by atoms with Crippen molar-refractivity contribution >= 4 is 5.91 Å². The third-order valence-corrected chi connectivity index (χ3v) is 4.58. The van der Waals surface area contributed by atoms with E-state index in [9.17, 15) is 13.6 Å². The predicted molar refractivity (Wildman–Crippen MR) is 92.2 cm³/mol. The zero-order valence-corrected chi connectivity index (χ0v) is 14.4. The number of amides is 1. The molecule has 2 heterocycles. The summed E-state index contributed by atoms with van der Waals surface area (Å²) in [4.78, 5) is 20.5. The van der Waals surface area contributed by atoms with Crippen LogP contribution < -0.4 is 5.32 Å². The molecule has 0 aliphatic heterocycles. The van der Waals surface area contributed by atoms with Crippen molar-refractivity contribution in [2.45, 2.75) is 32.2 Å². The van der Waals surface area contributed by atoms with Crippen molar-refractivity contribution in [2.75, 3.05) is 0 Å². The molecule has 1 aliphatic rings. The number of benzene rings is 1. The molecule has 138 valence electrons. The third kappa shape index (κ3) is 3.42. The minimum Gasteiger partial charge on any atom is -0.344 e. The standard InChI is InChI=1S/C19H16F2N4O2/c1-10-23-18(25-27-10)13-2-4-14-11(8-13)3-5-15(14)24-19(26)16-9-12(17(20)21)6-7-22-16/h2,4,6-9,15,17H,3,5H2,1H3,(H,24,26). The number of pyridine rings is 1. The van der Waals surface area contributed by atoms with E-state index in [-0.39, 0.29) is 17.3 Å². The molecule has 2 aromatic heterocycles. The van der Waals surface area contributed by atoms with Gasteiger partial charge in [0.2, 0.25) is 11.7 Å². The van der Waals surface area contributed by atoms with Gasteiger partial charge in [-0.05, 0) is 42.2 Å². The summed E-state index contributed by atoms with van der Waals surface area (Å²) in [6.45, 7) is 1.73. The molecule has 1 amide bonds. The van der Waals surface area contributed by atoms with Gasteiger partial charge in [-0.1, -0.05) is 17.3 Å². The van der Waals surface area contributed by atoms with Crippen molar-refractivity contribution in [2.24, 2.45) is 0 Å². The maximum Gasteiger partial charge on any atom is 0.270 e. The van der Waals surface area contributed by atoms with Gasteiger partial charge >= 0.3 is 0 Å². The highest BCUT2D eigenvalue weighted by Crippen LogP contribution is 2.34. The number of carbonyl (C=O) groups excluding carboxylic acids is 1. The van der Waals surface area contributed by atoms with Crippen LogP contribution in [0.2, 0.25) is 0 Å². The van der Waals surface area contributed by atoms with Gasteiger partial charge in [0.15, 0.2) is 0 Å². The summed E-state index contributed by atoms with van der Waals surface area (Å²) in [5.74, 6) is 0.554. The molecule has 4 rings (SSSR count). The molecule has 1 atom stereocenters. The molecule has 1 aliphatic carbocycles. The number of hydrogen-bond donors (Lipinski definition) is 1. The fraction of sp³-hybridized carbons (Fsp3) is 0.263. The zero-order chi connectivity index (χ0) is 19.0. The topological polar surface area (TPSA) is 80.9 Å². The number of hydrogen-bond acceptors (Lipinski definition) is 5. The van der Waals surface area contributed by atoms with Gasteiger partial charge < -0.3 is 9.84 Å². The number of nitrogens with one attached hydrogen (secondary N) is 1. The molecule has 0 bridgehead atoms. The summed E-state index contributed by atoms with van der Waals surface area (Å²) in [5, 5.41) is 6.80. The molecular formula is C19H16F2N4O2. The van der Waals surface area contributed by atoms with Crippen LogP contribution in [-0.4, -0.2) is 21.0 Å². The van der Waals surface area contributed by atoms with Crippen molar-refractivity contribution in [3.05, 3.63) is 64.8 Å². The van der Waals surface area contributed by atoms with Crippen LogP contribution in [0.25, 0.3) is 11.4 Å². The highest BCUT2D eigenvalue weighted by atomic mass is 19.3. The van der Waals surface area contributed by atoms with Crippen molar-refractivity contribution in [1.29, 1.82) is 0 Å². The first-order chi connectivity index (χ1) is 13.0. The minimum atomic E-state index is -2.64. The van der Waals surface area contributed by atoms with Gasteiger partial charge in [0.05, 0.1) is 6.04 Å². The summed E-state index contributed by atoms with van der Waals surface area (Å²) >= 11 is 0. The molecule has 3 aromatic rings. The van der Waals surface area contributed by atoms with Gasteiger partial charge in [0.25, 0.3) is 12.3 Å². The number of aryl methyl sites for hydroxylation is 2. The number of nitrogens with zero attached hydrogens (tertiary/aromatic N) is 3. The van der Waals surface area contributed by atoms with E-state index < -0.39 is 12.3 Å². The summed E-state index contributed by atoms with van der Waals surface area (Å²) in [6, 6.07) is 7.93. The second kappa shape index (κ2) is 6.86. The normalized spacial score (nSPS) is 15.8. The number of halogens is 2. The Morgan fingerprint density at radius 2 is 2.15 bits per heavy atom. The van der Waals surface area contributed by atoms with Gasteiger partial charge in [-0.25, -0.2) is 8.78 Å². The molecule has 8 heteroatoms. The first-order valence-electron chi connectivity index (χ1n) is 8.50. The van der Waals surface area contributed by atoms with Crippen molar-refractivity contribution in [3.8, 4) is 11.4 Å². The molecule has 0 saturated carbocycles. The van der Waals surface area contributed by atoms with Gasteiger partial charge in [-0.2, -0.15) is 4.98 Å². The third-order valence-electron chi connectivity index (χ3n) is 4.58. The number of rotatable bonds is 4. The molecule has 1 N–H and O–H groups in total. The molecule has 1 unspecified atom stereocenters. The first-order valence-corrected chi connectivity index (χ1v) is 8.50. The van der Waals surface area contributed by atoms with Crippen LogP contribution in [0.5, 0.6) is 0 Å². The lowest BCUT2D eigenvalue weighted by atomic mass is 10.0. The monoisotopic (exact) mass is 370 g/mol. The molecule has 27 heavy (non-hydrogen) atoms. The smallest absolute Gasteiger partial charge is 0.270 e. The second-order valence-electron chi connectivity index (χ2n) is 6.39. The van der Waals surface area contributed by atoms with E-state index in [1.807, 2.05) is 18.2 Å². The fourth-order valence-corrected chi connectivity index (χ4v) is 3.26.